The van der Waals surface area contributed by atoms with Crippen molar-refractivity contribution in [3.05, 3.63) is 65.4 Å². The lowest BCUT2D eigenvalue weighted by Gasteiger charge is -2.34. The van der Waals surface area contributed by atoms with E-state index >= 15 is 0 Å². The van der Waals surface area contributed by atoms with Gasteiger partial charge in [0.05, 0.1) is 11.7 Å². The molecular weight excluding hydrogens is 258 g/mol. The quantitative estimate of drug-likeness (QED) is 0.777. The molecule has 1 unspecified atom stereocenters. The van der Waals surface area contributed by atoms with Gasteiger partial charge in [-0.15, -0.1) is 0 Å². The Bertz CT molecular complexity index is 775. The molecule has 4 rings (SSSR count). The normalized spacial score (nSPS) is 18.8. The van der Waals surface area contributed by atoms with Gasteiger partial charge in [0.2, 0.25) is 0 Å². The molecule has 0 saturated carbocycles. The third-order valence-electron chi connectivity index (χ3n) is 4.58. The van der Waals surface area contributed by atoms with E-state index in [1.807, 2.05) is 6.20 Å². The van der Waals surface area contributed by atoms with Crippen LogP contribution in [0.25, 0.3) is 10.9 Å². The van der Waals surface area contributed by atoms with Crippen molar-refractivity contribution in [2.75, 3.05) is 13.1 Å². The number of hydrogen-bond acceptors (Lipinski definition) is 2. The summed E-state index contributed by atoms with van der Waals surface area (Å²) < 4.78 is 0. The first-order valence-corrected chi connectivity index (χ1v) is 7.58. The maximum atomic E-state index is 4.13. The molecule has 1 N–H and O–H groups in total. The van der Waals surface area contributed by atoms with Gasteiger partial charge < -0.3 is 0 Å². The Morgan fingerprint density at radius 2 is 2.14 bits per heavy atom. The van der Waals surface area contributed by atoms with Crippen LogP contribution in [0.2, 0.25) is 0 Å². The zero-order valence-corrected chi connectivity index (χ0v) is 12.2. The fraction of sp³-hybridized carbons (Fsp3) is 0.278. The average Bonchev–Trinajstić information content (AvgIpc) is 3.01. The van der Waals surface area contributed by atoms with Gasteiger partial charge in [-0.3, -0.25) is 10.00 Å². The highest BCUT2D eigenvalue weighted by Crippen LogP contribution is 2.34. The van der Waals surface area contributed by atoms with Crippen molar-refractivity contribution in [3.8, 4) is 0 Å². The minimum Gasteiger partial charge on any atom is -0.298 e. The second-order valence-electron chi connectivity index (χ2n) is 5.80. The predicted octanol–water partition coefficient (Wildman–Crippen LogP) is 3.53. The standard InChI is InChI=1S/C18H19N3/c1-2-21-11-14-5-3-4-6-16(14)17(12-21)13-7-8-18-15(9-13)10-19-20-18/h3-10,17H,2,11-12H2,1H3,(H,19,20). The number of hydrogen-bond donors (Lipinski definition) is 1. The highest BCUT2D eigenvalue weighted by molar-refractivity contribution is 5.78. The Kier molecular flexibility index (Phi) is 3.00. The van der Waals surface area contributed by atoms with Gasteiger partial charge in [0.1, 0.15) is 0 Å². The van der Waals surface area contributed by atoms with Crippen LogP contribution in [0.4, 0.5) is 0 Å². The number of rotatable bonds is 2. The van der Waals surface area contributed by atoms with E-state index in [0.717, 1.165) is 25.2 Å². The molecule has 3 aromatic rings. The van der Waals surface area contributed by atoms with E-state index in [2.05, 4.69) is 64.5 Å². The van der Waals surface area contributed by atoms with Gasteiger partial charge in [0.15, 0.2) is 0 Å². The van der Waals surface area contributed by atoms with Crippen LogP contribution in [0, 0.1) is 0 Å². The van der Waals surface area contributed by atoms with E-state index in [1.165, 1.54) is 22.1 Å². The van der Waals surface area contributed by atoms with Crippen molar-refractivity contribution < 1.29 is 0 Å². The fourth-order valence-electron chi connectivity index (χ4n) is 3.38. The Labute approximate surface area is 124 Å². The van der Waals surface area contributed by atoms with Crippen molar-refractivity contribution >= 4 is 10.9 Å². The Balaban J connectivity index is 1.82. The van der Waals surface area contributed by atoms with Crippen LogP contribution in [0.15, 0.2) is 48.7 Å². The molecule has 3 nitrogen and oxygen atoms in total. The summed E-state index contributed by atoms with van der Waals surface area (Å²) >= 11 is 0. The van der Waals surface area contributed by atoms with E-state index in [-0.39, 0.29) is 0 Å². The topological polar surface area (TPSA) is 31.9 Å². The van der Waals surface area contributed by atoms with Crippen LogP contribution in [0.5, 0.6) is 0 Å². The van der Waals surface area contributed by atoms with Crippen LogP contribution in [-0.4, -0.2) is 28.2 Å². The predicted molar refractivity (Wildman–Crippen MR) is 85.3 cm³/mol. The Morgan fingerprint density at radius 3 is 3.05 bits per heavy atom. The summed E-state index contributed by atoms with van der Waals surface area (Å²) in [4.78, 5) is 2.52. The fourth-order valence-corrected chi connectivity index (χ4v) is 3.38. The zero-order valence-electron chi connectivity index (χ0n) is 12.2. The van der Waals surface area contributed by atoms with Gasteiger partial charge in [0.25, 0.3) is 0 Å². The van der Waals surface area contributed by atoms with Crippen LogP contribution in [0.1, 0.15) is 29.5 Å². The van der Waals surface area contributed by atoms with Gasteiger partial charge in [-0.25, -0.2) is 0 Å². The van der Waals surface area contributed by atoms with Gasteiger partial charge in [-0.2, -0.15) is 5.10 Å². The number of H-pyrrole nitrogens is 1. The number of likely N-dealkylation sites (N-methyl/N-ethyl adjacent to an activating group) is 1. The maximum absolute atomic E-state index is 4.13. The van der Waals surface area contributed by atoms with Crippen molar-refractivity contribution in [2.45, 2.75) is 19.4 Å². The van der Waals surface area contributed by atoms with Crippen molar-refractivity contribution in [3.63, 3.8) is 0 Å². The second kappa shape index (κ2) is 5.01. The number of nitrogens with zero attached hydrogens (tertiary/aromatic N) is 2. The summed E-state index contributed by atoms with van der Waals surface area (Å²) in [7, 11) is 0. The number of benzene rings is 2. The average molecular weight is 277 g/mol. The Hall–Kier alpha value is -2.13. The first-order valence-electron chi connectivity index (χ1n) is 7.58. The van der Waals surface area contributed by atoms with Crippen molar-refractivity contribution in [1.82, 2.24) is 15.1 Å². The van der Waals surface area contributed by atoms with Crippen LogP contribution >= 0.6 is 0 Å². The van der Waals surface area contributed by atoms with E-state index in [0.29, 0.717) is 5.92 Å². The lowest BCUT2D eigenvalue weighted by molar-refractivity contribution is 0.253. The lowest BCUT2D eigenvalue weighted by atomic mass is 9.84. The molecule has 0 amide bonds. The van der Waals surface area contributed by atoms with Crippen LogP contribution in [-0.2, 0) is 6.54 Å². The molecule has 3 heteroatoms. The summed E-state index contributed by atoms with van der Waals surface area (Å²) in [6, 6.07) is 15.5. The Morgan fingerprint density at radius 1 is 1.24 bits per heavy atom. The number of aromatic amines is 1. The third kappa shape index (κ3) is 2.14. The molecule has 0 fully saturated rings. The van der Waals surface area contributed by atoms with Gasteiger partial charge in [-0.1, -0.05) is 37.3 Å². The molecule has 0 saturated heterocycles. The first kappa shape index (κ1) is 12.6. The molecule has 2 heterocycles. The maximum Gasteiger partial charge on any atom is 0.0650 e. The summed E-state index contributed by atoms with van der Waals surface area (Å²) in [6.45, 7) is 5.50. The molecule has 1 atom stereocenters. The van der Waals surface area contributed by atoms with Crippen LogP contribution < -0.4 is 0 Å². The molecule has 0 spiro atoms. The van der Waals surface area contributed by atoms with E-state index in [1.54, 1.807) is 0 Å². The minimum absolute atomic E-state index is 0.453. The zero-order chi connectivity index (χ0) is 14.2. The molecule has 21 heavy (non-hydrogen) atoms. The van der Waals surface area contributed by atoms with Gasteiger partial charge in [-0.05, 0) is 35.4 Å². The minimum atomic E-state index is 0.453. The van der Waals surface area contributed by atoms with E-state index < -0.39 is 0 Å². The van der Waals surface area contributed by atoms with E-state index in [4.69, 9.17) is 0 Å². The summed E-state index contributed by atoms with van der Waals surface area (Å²) in [5.41, 5.74) is 5.43. The molecule has 1 aromatic heterocycles. The highest BCUT2D eigenvalue weighted by atomic mass is 15.1. The summed E-state index contributed by atoms with van der Waals surface area (Å²) in [5.74, 6) is 0.453. The monoisotopic (exact) mass is 277 g/mol. The van der Waals surface area contributed by atoms with E-state index in [9.17, 15) is 0 Å². The molecule has 0 aliphatic carbocycles. The summed E-state index contributed by atoms with van der Waals surface area (Å²) in [6.07, 6.45) is 1.91. The molecular formula is C18H19N3. The smallest absolute Gasteiger partial charge is 0.0650 e. The largest absolute Gasteiger partial charge is 0.298 e. The third-order valence-corrected chi connectivity index (χ3v) is 4.58. The SMILES string of the molecule is CCN1Cc2ccccc2C(c2ccc3[nH]ncc3c2)C1. The number of aromatic nitrogens is 2. The molecule has 1 aliphatic rings. The molecule has 1 aliphatic heterocycles. The number of fused-ring (bicyclic) bond motifs is 2. The van der Waals surface area contributed by atoms with Crippen LogP contribution in [0.3, 0.4) is 0 Å². The molecule has 106 valence electrons. The van der Waals surface area contributed by atoms with Crippen molar-refractivity contribution in [2.24, 2.45) is 0 Å². The lowest BCUT2D eigenvalue weighted by Crippen LogP contribution is -2.33. The molecule has 0 radical (unpaired) electrons. The molecule has 2 aromatic carbocycles. The summed E-state index contributed by atoms with van der Waals surface area (Å²) in [5, 5.41) is 8.35. The van der Waals surface area contributed by atoms with Gasteiger partial charge in [0, 0.05) is 24.4 Å². The molecule has 0 bridgehead atoms. The van der Waals surface area contributed by atoms with Crippen molar-refractivity contribution in [1.29, 1.82) is 0 Å². The number of nitrogens with one attached hydrogen (secondary N) is 1. The van der Waals surface area contributed by atoms with Gasteiger partial charge >= 0.3 is 0 Å². The second-order valence-corrected chi connectivity index (χ2v) is 5.80. The first-order chi connectivity index (χ1) is 10.3. The highest BCUT2D eigenvalue weighted by Gasteiger charge is 2.25.